The maximum absolute atomic E-state index is 3.78. The molecule has 88 valence electrons. The Bertz CT molecular complexity index is 488. The molecular weight excluding hydrogens is 272 g/mol. The van der Waals surface area contributed by atoms with Crippen LogP contribution in [-0.2, 0) is 6.42 Å². The standard InChI is InChI=1S/C16H17Br/c1-12-8-9-13(2)15(10-12)11-16(17)14-6-4-3-5-7-14/h3-10,16H,11H2,1-2H3. The molecule has 2 aromatic rings. The molecule has 0 bridgehead atoms. The van der Waals surface area contributed by atoms with E-state index < -0.39 is 0 Å². The van der Waals surface area contributed by atoms with E-state index in [0.29, 0.717) is 4.83 Å². The van der Waals surface area contributed by atoms with E-state index in [0.717, 1.165) is 6.42 Å². The van der Waals surface area contributed by atoms with Crippen LogP contribution >= 0.6 is 15.9 Å². The summed E-state index contributed by atoms with van der Waals surface area (Å²) in [5.74, 6) is 0. The first-order chi connectivity index (χ1) is 8.16. The van der Waals surface area contributed by atoms with Crippen molar-refractivity contribution in [3.8, 4) is 0 Å². The number of aryl methyl sites for hydroxylation is 2. The molecule has 1 heteroatoms. The zero-order valence-corrected chi connectivity index (χ0v) is 11.9. The Morgan fingerprint density at radius 2 is 1.71 bits per heavy atom. The summed E-state index contributed by atoms with van der Waals surface area (Å²) in [5.41, 5.74) is 5.47. The van der Waals surface area contributed by atoms with Crippen molar-refractivity contribution in [2.45, 2.75) is 25.1 Å². The molecule has 0 aliphatic heterocycles. The lowest BCUT2D eigenvalue weighted by atomic mass is 9.99. The molecule has 0 N–H and O–H groups in total. The van der Waals surface area contributed by atoms with Gasteiger partial charge in [-0.15, -0.1) is 0 Å². The summed E-state index contributed by atoms with van der Waals surface area (Å²) in [6.45, 7) is 4.33. The first kappa shape index (κ1) is 12.4. The van der Waals surface area contributed by atoms with E-state index in [1.165, 1.54) is 22.3 Å². The van der Waals surface area contributed by atoms with E-state index in [2.05, 4.69) is 78.3 Å². The van der Waals surface area contributed by atoms with Crippen molar-refractivity contribution in [2.75, 3.05) is 0 Å². The first-order valence-electron chi connectivity index (χ1n) is 5.92. The Kier molecular flexibility index (Phi) is 4.01. The van der Waals surface area contributed by atoms with Gasteiger partial charge in [0, 0.05) is 4.83 Å². The largest absolute Gasteiger partial charge is 0.0835 e. The summed E-state index contributed by atoms with van der Waals surface area (Å²) in [4.78, 5) is 0.393. The summed E-state index contributed by atoms with van der Waals surface area (Å²) in [6.07, 6.45) is 1.04. The molecule has 0 nitrogen and oxygen atoms in total. The van der Waals surface area contributed by atoms with E-state index >= 15 is 0 Å². The third-order valence-corrected chi connectivity index (χ3v) is 3.92. The van der Waals surface area contributed by atoms with Crippen molar-refractivity contribution in [2.24, 2.45) is 0 Å². The summed E-state index contributed by atoms with van der Waals surface area (Å²) in [7, 11) is 0. The first-order valence-corrected chi connectivity index (χ1v) is 6.83. The monoisotopic (exact) mass is 288 g/mol. The van der Waals surface area contributed by atoms with E-state index in [1.54, 1.807) is 0 Å². The molecule has 0 heterocycles. The Morgan fingerprint density at radius 3 is 2.41 bits per heavy atom. The zero-order chi connectivity index (χ0) is 12.3. The Hall–Kier alpha value is -1.08. The summed E-state index contributed by atoms with van der Waals surface area (Å²) < 4.78 is 0. The molecule has 0 fully saturated rings. The van der Waals surface area contributed by atoms with Crippen molar-refractivity contribution < 1.29 is 0 Å². The lowest BCUT2D eigenvalue weighted by Crippen LogP contribution is -1.98. The topological polar surface area (TPSA) is 0 Å². The minimum absolute atomic E-state index is 0.393. The van der Waals surface area contributed by atoms with Gasteiger partial charge in [0.25, 0.3) is 0 Å². The quantitative estimate of drug-likeness (QED) is 0.699. The highest BCUT2D eigenvalue weighted by molar-refractivity contribution is 9.09. The number of hydrogen-bond donors (Lipinski definition) is 0. The van der Waals surface area contributed by atoms with E-state index in [9.17, 15) is 0 Å². The molecule has 0 amide bonds. The van der Waals surface area contributed by atoms with Crippen LogP contribution in [-0.4, -0.2) is 0 Å². The molecule has 0 saturated carbocycles. The SMILES string of the molecule is Cc1ccc(C)c(CC(Br)c2ccccc2)c1. The number of alkyl halides is 1. The smallest absolute Gasteiger partial charge is 0.0435 e. The molecule has 0 spiro atoms. The average Bonchev–Trinajstić information content (AvgIpc) is 2.35. The second-order valence-corrected chi connectivity index (χ2v) is 5.62. The maximum Gasteiger partial charge on any atom is 0.0435 e. The molecule has 17 heavy (non-hydrogen) atoms. The predicted octanol–water partition coefficient (Wildman–Crippen LogP) is 4.98. The third kappa shape index (κ3) is 3.19. The van der Waals surface area contributed by atoms with Crippen LogP contribution in [0.4, 0.5) is 0 Å². The third-order valence-electron chi connectivity index (χ3n) is 3.07. The Morgan fingerprint density at radius 1 is 1.00 bits per heavy atom. The maximum atomic E-state index is 3.78. The minimum atomic E-state index is 0.393. The molecule has 1 unspecified atom stereocenters. The molecule has 0 aromatic heterocycles. The second-order valence-electron chi connectivity index (χ2n) is 4.51. The van der Waals surface area contributed by atoms with Crippen molar-refractivity contribution >= 4 is 15.9 Å². The number of rotatable bonds is 3. The van der Waals surface area contributed by atoms with Crippen LogP contribution in [0.2, 0.25) is 0 Å². The van der Waals surface area contributed by atoms with Gasteiger partial charge in [-0.2, -0.15) is 0 Å². The normalized spacial score (nSPS) is 12.4. The van der Waals surface area contributed by atoms with Crippen molar-refractivity contribution in [3.63, 3.8) is 0 Å². The fourth-order valence-electron chi connectivity index (χ4n) is 1.99. The van der Waals surface area contributed by atoms with Gasteiger partial charge in [-0.3, -0.25) is 0 Å². The summed E-state index contributed by atoms with van der Waals surface area (Å²) >= 11 is 3.78. The Balaban J connectivity index is 2.18. The number of halogens is 1. The van der Waals surface area contributed by atoms with Gasteiger partial charge in [-0.05, 0) is 37.0 Å². The second kappa shape index (κ2) is 5.50. The van der Waals surface area contributed by atoms with E-state index in [-0.39, 0.29) is 0 Å². The van der Waals surface area contributed by atoms with Crippen LogP contribution in [0.3, 0.4) is 0 Å². The van der Waals surface area contributed by atoms with Gasteiger partial charge in [0.1, 0.15) is 0 Å². The van der Waals surface area contributed by atoms with Gasteiger partial charge >= 0.3 is 0 Å². The highest BCUT2D eigenvalue weighted by Crippen LogP contribution is 2.28. The molecule has 0 saturated heterocycles. The molecule has 0 aliphatic carbocycles. The Labute approximate surface area is 112 Å². The molecule has 2 aromatic carbocycles. The van der Waals surface area contributed by atoms with E-state index in [4.69, 9.17) is 0 Å². The van der Waals surface area contributed by atoms with Gasteiger partial charge < -0.3 is 0 Å². The zero-order valence-electron chi connectivity index (χ0n) is 10.3. The molecule has 2 rings (SSSR count). The van der Waals surface area contributed by atoms with E-state index in [1.807, 2.05) is 0 Å². The fraction of sp³-hybridized carbons (Fsp3) is 0.250. The van der Waals surface area contributed by atoms with Crippen LogP contribution < -0.4 is 0 Å². The minimum Gasteiger partial charge on any atom is -0.0835 e. The summed E-state index contributed by atoms with van der Waals surface area (Å²) in [5, 5.41) is 0. The van der Waals surface area contributed by atoms with Gasteiger partial charge in [0.15, 0.2) is 0 Å². The van der Waals surface area contributed by atoms with Crippen LogP contribution in [0, 0.1) is 13.8 Å². The van der Waals surface area contributed by atoms with Gasteiger partial charge in [0.05, 0.1) is 0 Å². The number of hydrogen-bond acceptors (Lipinski definition) is 0. The van der Waals surface area contributed by atoms with Crippen molar-refractivity contribution in [1.29, 1.82) is 0 Å². The highest BCUT2D eigenvalue weighted by Gasteiger charge is 2.09. The van der Waals surface area contributed by atoms with Crippen molar-refractivity contribution in [3.05, 3.63) is 70.8 Å². The van der Waals surface area contributed by atoms with Crippen LogP contribution in [0.15, 0.2) is 48.5 Å². The van der Waals surface area contributed by atoms with Crippen LogP contribution in [0.5, 0.6) is 0 Å². The van der Waals surface area contributed by atoms with Gasteiger partial charge in [-0.25, -0.2) is 0 Å². The molecule has 0 radical (unpaired) electrons. The molecular formula is C16H17Br. The van der Waals surface area contributed by atoms with Crippen LogP contribution in [0.25, 0.3) is 0 Å². The van der Waals surface area contributed by atoms with Gasteiger partial charge in [0.2, 0.25) is 0 Å². The predicted molar refractivity (Wildman–Crippen MR) is 77.7 cm³/mol. The number of benzene rings is 2. The van der Waals surface area contributed by atoms with Gasteiger partial charge in [-0.1, -0.05) is 70.0 Å². The summed E-state index contributed by atoms with van der Waals surface area (Å²) in [6, 6.07) is 17.2. The average molecular weight is 289 g/mol. The lowest BCUT2D eigenvalue weighted by molar-refractivity contribution is 0.936. The lowest BCUT2D eigenvalue weighted by Gasteiger charge is -2.13. The van der Waals surface area contributed by atoms with Crippen molar-refractivity contribution in [1.82, 2.24) is 0 Å². The van der Waals surface area contributed by atoms with Crippen LogP contribution in [0.1, 0.15) is 27.1 Å². The molecule has 0 aliphatic rings. The molecule has 1 atom stereocenters. The fourth-order valence-corrected chi connectivity index (χ4v) is 2.65. The highest BCUT2D eigenvalue weighted by atomic mass is 79.9.